The Morgan fingerprint density at radius 2 is 1.87 bits per heavy atom. The quantitative estimate of drug-likeness (QED) is 0.595. The van der Waals surface area contributed by atoms with Gasteiger partial charge in [-0.15, -0.1) is 0 Å². The molecule has 1 fully saturated rings. The second-order valence-electron chi connectivity index (χ2n) is 7.42. The first-order chi connectivity index (χ1) is 14.6. The van der Waals surface area contributed by atoms with Crippen LogP contribution in [0.4, 0.5) is 5.69 Å². The van der Waals surface area contributed by atoms with Crippen LogP contribution in [0.25, 0.3) is 11.4 Å². The standard InChI is InChI=1S/C22H23N5O3/c1-14(15-4-6-18(7-5-15)25-22(29)17-2-3-17)24-19(28)8-9-20-26-21(27-30-20)16-10-12-23-13-11-16/h4-7,10-14,17H,2-3,8-9H2,1H3,(H,24,28)(H,25,29). The molecule has 1 unspecified atom stereocenters. The molecule has 4 rings (SSSR count). The van der Waals surface area contributed by atoms with Crippen molar-refractivity contribution in [3.63, 3.8) is 0 Å². The Kier molecular flexibility index (Phi) is 5.83. The van der Waals surface area contributed by atoms with Gasteiger partial charge in [0.05, 0.1) is 6.04 Å². The first-order valence-electron chi connectivity index (χ1n) is 10.0. The molecule has 3 aromatic rings. The normalized spacial score (nSPS) is 14.2. The van der Waals surface area contributed by atoms with Gasteiger partial charge < -0.3 is 15.2 Å². The summed E-state index contributed by atoms with van der Waals surface area (Å²) in [6, 6.07) is 11.0. The lowest BCUT2D eigenvalue weighted by atomic mass is 10.1. The Hall–Kier alpha value is -3.55. The van der Waals surface area contributed by atoms with Crippen LogP contribution in [0.3, 0.4) is 0 Å². The summed E-state index contributed by atoms with van der Waals surface area (Å²) < 4.78 is 5.23. The van der Waals surface area contributed by atoms with Crippen molar-refractivity contribution in [3.8, 4) is 11.4 Å². The van der Waals surface area contributed by atoms with Crippen molar-refractivity contribution in [1.29, 1.82) is 0 Å². The fraction of sp³-hybridized carbons (Fsp3) is 0.318. The van der Waals surface area contributed by atoms with E-state index in [2.05, 4.69) is 25.8 Å². The summed E-state index contributed by atoms with van der Waals surface area (Å²) in [6.07, 6.45) is 5.88. The van der Waals surface area contributed by atoms with E-state index in [0.717, 1.165) is 29.7 Å². The number of benzene rings is 1. The molecule has 8 nitrogen and oxygen atoms in total. The summed E-state index contributed by atoms with van der Waals surface area (Å²) in [5.41, 5.74) is 2.55. The molecule has 2 heterocycles. The van der Waals surface area contributed by atoms with Crippen LogP contribution in [-0.4, -0.2) is 26.9 Å². The third-order valence-electron chi connectivity index (χ3n) is 4.98. The van der Waals surface area contributed by atoms with Crippen molar-refractivity contribution >= 4 is 17.5 Å². The van der Waals surface area contributed by atoms with Crippen molar-refractivity contribution in [1.82, 2.24) is 20.4 Å². The van der Waals surface area contributed by atoms with Crippen molar-refractivity contribution in [2.75, 3.05) is 5.32 Å². The van der Waals surface area contributed by atoms with Gasteiger partial charge in [-0.1, -0.05) is 17.3 Å². The van der Waals surface area contributed by atoms with Crippen LogP contribution >= 0.6 is 0 Å². The Balaban J connectivity index is 1.25. The maximum atomic E-state index is 12.3. The number of anilines is 1. The van der Waals surface area contributed by atoms with E-state index in [1.54, 1.807) is 24.5 Å². The molecular formula is C22H23N5O3. The summed E-state index contributed by atoms with van der Waals surface area (Å²) in [5.74, 6) is 1.05. The average Bonchev–Trinajstić information content (AvgIpc) is 3.51. The van der Waals surface area contributed by atoms with E-state index in [1.807, 2.05) is 31.2 Å². The number of amides is 2. The van der Waals surface area contributed by atoms with Crippen LogP contribution in [0, 0.1) is 5.92 Å². The number of rotatable bonds is 8. The molecule has 0 spiro atoms. The first-order valence-corrected chi connectivity index (χ1v) is 10.0. The minimum atomic E-state index is -0.152. The number of pyridine rings is 1. The van der Waals surface area contributed by atoms with Crippen LogP contribution in [0.2, 0.25) is 0 Å². The largest absolute Gasteiger partial charge is 0.350 e. The number of aryl methyl sites for hydroxylation is 1. The monoisotopic (exact) mass is 405 g/mol. The summed E-state index contributed by atoms with van der Waals surface area (Å²) in [4.78, 5) is 32.4. The Morgan fingerprint density at radius 3 is 2.57 bits per heavy atom. The van der Waals surface area contributed by atoms with E-state index in [1.165, 1.54) is 0 Å². The number of carbonyl (C=O) groups excluding carboxylic acids is 2. The molecule has 1 aliphatic rings. The van der Waals surface area contributed by atoms with Crippen LogP contribution < -0.4 is 10.6 Å². The topological polar surface area (TPSA) is 110 Å². The van der Waals surface area contributed by atoms with Gasteiger partial charge in [-0.05, 0) is 49.6 Å². The zero-order valence-corrected chi connectivity index (χ0v) is 16.7. The number of aromatic nitrogens is 3. The fourth-order valence-corrected chi connectivity index (χ4v) is 3.04. The highest BCUT2D eigenvalue weighted by Crippen LogP contribution is 2.30. The number of carbonyl (C=O) groups is 2. The molecule has 0 bridgehead atoms. The van der Waals surface area contributed by atoms with Crippen molar-refractivity contribution in [2.45, 2.75) is 38.6 Å². The zero-order chi connectivity index (χ0) is 20.9. The van der Waals surface area contributed by atoms with Gasteiger partial charge in [0, 0.05) is 42.4 Å². The van der Waals surface area contributed by atoms with Gasteiger partial charge in [-0.3, -0.25) is 14.6 Å². The maximum Gasteiger partial charge on any atom is 0.227 e. The SMILES string of the molecule is CC(NC(=O)CCc1nc(-c2ccncc2)no1)c1ccc(NC(=O)C2CC2)cc1. The summed E-state index contributed by atoms with van der Waals surface area (Å²) in [6.45, 7) is 1.92. The van der Waals surface area contributed by atoms with Gasteiger partial charge in [0.25, 0.3) is 0 Å². The molecule has 1 aromatic carbocycles. The predicted octanol–water partition coefficient (Wildman–Crippen LogP) is 3.29. The highest BCUT2D eigenvalue weighted by molar-refractivity contribution is 5.94. The maximum absolute atomic E-state index is 12.3. The number of hydrogen-bond donors (Lipinski definition) is 2. The molecule has 1 saturated carbocycles. The lowest BCUT2D eigenvalue weighted by Gasteiger charge is -2.15. The molecule has 154 valence electrons. The number of nitrogens with one attached hydrogen (secondary N) is 2. The summed E-state index contributed by atoms with van der Waals surface area (Å²) >= 11 is 0. The van der Waals surface area contributed by atoms with E-state index in [4.69, 9.17) is 4.52 Å². The molecular weight excluding hydrogens is 382 g/mol. The summed E-state index contributed by atoms with van der Waals surface area (Å²) in [5, 5.41) is 9.82. The van der Waals surface area contributed by atoms with Gasteiger partial charge in [0.2, 0.25) is 23.5 Å². The molecule has 2 amide bonds. The highest BCUT2D eigenvalue weighted by atomic mass is 16.5. The number of nitrogens with zero attached hydrogens (tertiary/aromatic N) is 3. The molecule has 1 atom stereocenters. The number of hydrogen-bond acceptors (Lipinski definition) is 6. The summed E-state index contributed by atoms with van der Waals surface area (Å²) in [7, 11) is 0. The molecule has 8 heteroatoms. The van der Waals surface area contributed by atoms with Gasteiger partial charge >= 0.3 is 0 Å². The van der Waals surface area contributed by atoms with Gasteiger partial charge in [-0.2, -0.15) is 4.98 Å². The van der Waals surface area contributed by atoms with Crippen molar-refractivity contribution < 1.29 is 14.1 Å². The van der Waals surface area contributed by atoms with E-state index >= 15 is 0 Å². The van der Waals surface area contributed by atoms with Crippen LogP contribution in [0.5, 0.6) is 0 Å². The van der Waals surface area contributed by atoms with Gasteiger partial charge in [0.15, 0.2) is 0 Å². The van der Waals surface area contributed by atoms with E-state index in [9.17, 15) is 9.59 Å². The van der Waals surface area contributed by atoms with E-state index < -0.39 is 0 Å². The molecule has 0 radical (unpaired) electrons. The van der Waals surface area contributed by atoms with Crippen molar-refractivity contribution in [2.24, 2.45) is 5.92 Å². The Labute approximate surface area is 174 Å². The predicted molar refractivity (Wildman–Crippen MR) is 110 cm³/mol. The minimum absolute atomic E-state index is 0.0808. The van der Waals surface area contributed by atoms with Crippen LogP contribution in [0.15, 0.2) is 53.3 Å². The van der Waals surface area contributed by atoms with Crippen molar-refractivity contribution in [3.05, 3.63) is 60.2 Å². The molecule has 1 aliphatic carbocycles. The lowest BCUT2D eigenvalue weighted by molar-refractivity contribution is -0.121. The average molecular weight is 405 g/mol. The second kappa shape index (κ2) is 8.86. The zero-order valence-electron chi connectivity index (χ0n) is 16.7. The van der Waals surface area contributed by atoms with Crippen LogP contribution in [0.1, 0.15) is 43.7 Å². The Morgan fingerprint density at radius 1 is 1.13 bits per heavy atom. The molecule has 2 aromatic heterocycles. The minimum Gasteiger partial charge on any atom is -0.350 e. The Bertz CT molecular complexity index is 1010. The van der Waals surface area contributed by atoms with Gasteiger partial charge in [0.1, 0.15) is 0 Å². The molecule has 30 heavy (non-hydrogen) atoms. The first kappa shape index (κ1) is 19.8. The lowest BCUT2D eigenvalue weighted by Crippen LogP contribution is -2.26. The van der Waals surface area contributed by atoms with E-state index in [-0.39, 0.29) is 30.2 Å². The van der Waals surface area contributed by atoms with Crippen LogP contribution in [-0.2, 0) is 16.0 Å². The molecule has 0 saturated heterocycles. The molecule has 0 aliphatic heterocycles. The second-order valence-corrected chi connectivity index (χ2v) is 7.42. The third-order valence-corrected chi connectivity index (χ3v) is 4.98. The smallest absolute Gasteiger partial charge is 0.227 e. The van der Waals surface area contributed by atoms with Gasteiger partial charge in [-0.25, -0.2) is 0 Å². The fourth-order valence-electron chi connectivity index (χ4n) is 3.04. The van der Waals surface area contributed by atoms with E-state index in [0.29, 0.717) is 18.1 Å². The molecule has 2 N–H and O–H groups in total. The highest BCUT2D eigenvalue weighted by Gasteiger charge is 2.29. The third kappa shape index (κ3) is 5.08.